The highest BCUT2D eigenvalue weighted by Gasteiger charge is 2.35. The SMILES string of the molecule is CCn1ccnc1CC1(O)CCCC(OC)C1. The molecule has 17 heavy (non-hydrogen) atoms. The van der Waals surface area contributed by atoms with Gasteiger partial charge in [-0.05, 0) is 26.2 Å². The van der Waals surface area contributed by atoms with Gasteiger partial charge < -0.3 is 14.4 Å². The topological polar surface area (TPSA) is 47.3 Å². The number of methoxy groups -OCH3 is 1. The van der Waals surface area contributed by atoms with Crippen molar-refractivity contribution in [2.24, 2.45) is 0 Å². The molecule has 0 saturated heterocycles. The van der Waals surface area contributed by atoms with Crippen LogP contribution in [0, 0.1) is 0 Å². The Morgan fingerprint density at radius 1 is 1.65 bits per heavy atom. The molecular formula is C13H22N2O2. The lowest BCUT2D eigenvalue weighted by molar-refractivity contribution is -0.0594. The molecule has 2 unspecified atom stereocenters. The quantitative estimate of drug-likeness (QED) is 0.869. The summed E-state index contributed by atoms with van der Waals surface area (Å²) in [6.45, 7) is 2.99. The average Bonchev–Trinajstić information content (AvgIpc) is 2.75. The molecular weight excluding hydrogens is 216 g/mol. The lowest BCUT2D eigenvalue weighted by Crippen LogP contribution is -2.40. The lowest BCUT2D eigenvalue weighted by atomic mass is 9.80. The van der Waals surface area contributed by atoms with Crippen molar-refractivity contribution in [3.05, 3.63) is 18.2 Å². The van der Waals surface area contributed by atoms with Crippen LogP contribution in [-0.2, 0) is 17.7 Å². The molecule has 1 heterocycles. The van der Waals surface area contributed by atoms with Crippen molar-refractivity contribution in [3.8, 4) is 0 Å². The molecule has 1 aliphatic rings. The van der Waals surface area contributed by atoms with E-state index in [0.29, 0.717) is 6.42 Å². The van der Waals surface area contributed by atoms with Gasteiger partial charge in [0, 0.05) is 38.9 Å². The van der Waals surface area contributed by atoms with E-state index in [9.17, 15) is 5.11 Å². The fourth-order valence-electron chi connectivity index (χ4n) is 2.74. The normalized spacial score (nSPS) is 29.5. The Labute approximate surface area is 103 Å². The lowest BCUT2D eigenvalue weighted by Gasteiger charge is -2.36. The minimum absolute atomic E-state index is 0.193. The number of aryl methyl sites for hydroxylation is 1. The number of ether oxygens (including phenoxy) is 1. The molecule has 0 aliphatic heterocycles. The van der Waals surface area contributed by atoms with Gasteiger partial charge >= 0.3 is 0 Å². The molecule has 0 spiro atoms. The van der Waals surface area contributed by atoms with E-state index in [4.69, 9.17) is 4.74 Å². The minimum atomic E-state index is -0.642. The Hall–Kier alpha value is -0.870. The standard InChI is InChI=1S/C13H22N2O2/c1-3-15-8-7-14-12(15)10-13(16)6-4-5-11(9-13)17-2/h7-8,11,16H,3-6,9-10H2,1-2H3. The summed E-state index contributed by atoms with van der Waals surface area (Å²) in [6.07, 6.45) is 8.26. The van der Waals surface area contributed by atoms with Gasteiger partial charge in [0.1, 0.15) is 5.82 Å². The van der Waals surface area contributed by atoms with E-state index in [-0.39, 0.29) is 6.10 Å². The molecule has 1 aromatic heterocycles. The summed E-state index contributed by atoms with van der Waals surface area (Å²) in [5.74, 6) is 0.978. The molecule has 1 N–H and O–H groups in total. The predicted octanol–water partition coefficient (Wildman–Crippen LogP) is 1.77. The van der Waals surface area contributed by atoms with Crippen molar-refractivity contribution in [1.82, 2.24) is 9.55 Å². The Morgan fingerprint density at radius 2 is 2.47 bits per heavy atom. The molecule has 2 rings (SSSR count). The van der Waals surface area contributed by atoms with E-state index in [1.165, 1.54) is 0 Å². The Morgan fingerprint density at radius 3 is 3.18 bits per heavy atom. The summed E-state index contributed by atoms with van der Waals surface area (Å²) >= 11 is 0. The molecule has 1 fully saturated rings. The monoisotopic (exact) mass is 238 g/mol. The first-order valence-electron chi connectivity index (χ1n) is 6.42. The maximum Gasteiger partial charge on any atom is 0.111 e. The molecule has 0 bridgehead atoms. The van der Waals surface area contributed by atoms with Crippen molar-refractivity contribution in [1.29, 1.82) is 0 Å². The van der Waals surface area contributed by atoms with Crippen LogP contribution in [0.25, 0.3) is 0 Å². The van der Waals surface area contributed by atoms with E-state index in [2.05, 4.69) is 16.5 Å². The highest BCUT2D eigenvalue weighted by molar-refractivity contribution is 5.01. The van der Waals surface area contributed by atoms with Gasteiger partial charge in [-0.1, -0.05) is 0 Å². The second-order valence-electron chi connectivity index (χ2n) is 4.98. The highest BCUT2D eigenvalue weighted by atomic mass is 16.5. The van der Waals surface area contributed by atoms with Gasteiger partial charge in [0.2, 0.25) is 0 Å². The van der Waals surface area contributed by atoms with E-state index >= 15 is 0 Å². The van der Waals surface area contributed by atoms with Crippen LogP contribution in [0.3, 0.4) is 0 Å². The van der Waals surface area contributed by atoms with Crippen molar-refractivity contribution in [2.45, 2.75) is 57.3 Å². The zero-order valence-corrected chi connectivity index (χ0v) is 10.7. The summed E-state index contributed by atoms with van der Waals surface area (Å²) in [5, 5.41) is 10.6. The maximum absolute atomic E-state index is 10.6. The van der Waals surface area contributed by atoms with Crippen LogP contribution >= 0.6 is 0 Å². The van der Waals surface area contributed by atoms with Crippen LogP contribution in [0.15, 0.2) is 12.4 Å². The number of imidazole rings is 1. The van der Waals surface area contributed by atoms with Crippen LogP contribution in [0.2, 0.25) is 0 Å². The van der Waals surface area contributed by atoms with Crippen molar-refractivity contribution < 1.29 is 9.84 Å². The van der Waals surface area contributed by atoms with Crippen molar-refractivity contribution >= 4 is 0 Å². The van der Waals surface area contributed by atoms with Gasteiger partial charge in [-0.15, -0.1) is 0 Å². The Bertz CT molecular complexity index is 364. The third kappa shape index (κ3) is 2.87. The molecule has 1 aromatic rings. The van der Waals surface area contributed by atoms with Gasteiger partial charge in [0.25, 0.3) is 0 Å². The van der Waals surface area contributed by atoms with Gasteiger partial charge in [0.05, 0.1) is 11.7 Å². The molecule has 4 nitrogen and oxygen atoms in total. The molecule has 0 amide bonds. The molecule has 4 heteroatoms. The molecule has 0 radical (unpaired) electrons. The number of nitrogens with zero attached hydrogens (tertiary/aromatic N) is 2. The predicted molar refractivity (Wildman–Crippen MR) is 65.8 cm³/mol. The summed E-state index contributed by atoms with van der Waals surface area (Å²) in [5.41, 5.74) is -0.642. The van der Waals surface area contributed by atoms with E-state index < -0.39 is 5.60 Å². The molecule has 96 valence electrons. The van der Waals surface area contributed by atoms with Crippen LogP contribution in [0.5, 0.6) is 0 Å². The van der Waals surface area contributed by atoms with Crippen molar-refractivity contribution in [2.75, 3.05) is 7.11 Å². The molecule has 2 atom stereocenters. The first-order chi connectivity index (χ1) is 8.17. The summed E-state index contributed by atoms with van der Waals surface area (Å²) in [4.78, 5) is 4.34. The number of hydrogen-bond donors (Lipinski definition) is 1. The van der Waals surface area contributed by atoms with E-state index in [1.807, 2.05) is 6.20 Å². The number of rotatable bonds is 4. The number of hydrogen-bond acceptors (Lipinski definition) is 3. The average molecular weight is 238 g/mol. The summed E-state index contributed by atoms with van der Waals surface area (Å²) in [6, 6.07) is 0. The van der Waals surface area contributed by atoms with Crippen molar-refractivity contribution in [3.63, 3.8) is 0 Å². The summed E-state index contributed by atoms with van der Waals surface area (Å²) < 4.78 is 7.47. The third-order valence-electron chi connectivity index (χ3n) is 3.74. The number of aromatic nitrogens is 2. The first-order valence-corrected chi connectivity index (χ1v) is 6.42. The molecule has 1 saturated carbocycles. The second-order valence-corrected chi connectivity index (χ2v) is 4.98. The van der Waals surface area contributed by atoms with Gasteiger partial charge in [0.15, 0.2) is 0 Å². The Balaban J connectivity index is 2.06. The highest BCUT2D eigenvalue weighted by Crippen LogP contribution is 2.32. The van der Waals surface area contributed by atoms with Gasteiger partial charge in [-0.3, -0.25) is 0 Å². The van der Waals surface area contributed by atoms with Crippen LogP contribution in [0.1, 0.15) is 38.4 Å². The largest absolute Gasteiger partial charge is 0.389 e. The minimum Gasteiger partial charge on any atom is -0.389 e. The Kier molecular flexibility index (Phi) is 3.84. The van der Waals surface area contributed by atoms with E-state index in [1.54, 1.807) is 13.3 Å². The van der Waals surface area contributed by atoms with Gasteiger partial charge in [-0.2, -0.15) is 0 Å². The third-order valence-corrected chi connectivity index (χ3v) is 3.74. The fourth-order valence-corrected chi connectivity index (χ4v) is 2.74. The number of aliphatic hydroxyl groups is 1. The van der Waals surface area contributed by atoms with Crippen LogP contribution < -0.4 is 0 Å². The van der Waals surface area contributed by atoms with Crippen LogP contribution in [-0.4, -0.2) is 33.5 Å². The van der Waals surface area contributed by atoms with E-state index in [0.717, 1.165) is 38.1 Å². The van der Waals surface area contributed by atoms with Crippen LogP contribution in [0.4, 0.5) is 0 Å². The molecule has 0 aromatic carbocycles. The first kappa shape index (κ1) is 12.6. The van der Waals surface area contributed by atoms with Gasteiger partial charge in [-0.25, -0.2) is 4.98 Å². The zero-order chi connectivity index (χ0) is 12.3. The smallest absolute Gasteiger partial charge is 0.111 e. The maximum atomic E-state index is 10.6. The molecule has 1 aliphatic carbocycles. The fraction of sp³-hybridized carbons (Fsp3) is 0.769. The second kappa shape index (κ2) is 5.19. The summed E-state index contributed by atoms with van der Waals surface area (Å²) in [7, 11) is 1.73. The zero-order valence-electron chi connectivity index (χ0n) is 10.7.